The van der Waals surface area contributed by atoms with Crippen molar-refractivity contribution in [1.82, 2.24) is 4.90 Å². The van der Waals surface area contributed by atoms with Crippen LogP contribution < -0.4 is 11.1 Å². The lowest BCUT2D eigenvalue weighted by molar-refractivity contribution is -0.117. The van der Waals surface area contributed by atoms with Gasteiger partial charge in [0.2, 0.25) is 11.8 Å². The van der Waals surface area contributed by atoms with Gasteiger partial charge in [0.15, 0.2) is 0 Å². The molecule has 2 aromatic carbocycles. The number of benzene rings is 2. The largest absolute Gasteiger partial charge is 0.366 e. The fraction of sp³-hybridized carbons (Fsp3) is 0.263. The van der Waals surface area contributed by atoms with E-state index in [2.05, 4.69) is 5.32 Å². The Labute approximate surface area is 149 Å². The van der Waals surface area contributed by atoms with E-state index in [1.165, 1.54) is 0 Å². The second-order valence-corrected chi connectivity index (χ2v) is 6.40. The molecule has 1 fully saturated rings. The number of hydrogen-bond donors (Lipinski definition) is 2. The van der Waals surface area contributed by atoms with Crippen molar-refractivity contribution in [2.75, 3.05) is 11.9 Å². The van der Waals surface area contributed by atoms with Gasteiger partial charge in [-0.3, -0.25) is 14.5 Å². The normalized spacial score (nSPS) is 13.7. The van der Waals surface area contributed by atoms with E-state index in [0.717, 1.165) is 36.6 Å². The van der Waals surface area contributed by atoms with Crippen LogP contribution in [-0.4, -0.2) is 29.3 Å². The molecular weight excluding hydrogens is 340 g/mol. The summed E-state index contributed by atoms with van der Waals surface area (Å²) in [6, 6.07) is 10.1. The molecular formula is C19H19F2N3O2. The highest BCUT2D eigenvalue weighted by Crippen LogP contribution is 2.28. The van der Waals surface area contributed by atoms with Gasteiger partial charge < -0.3 is 11.1 Å². The molecule has 0 aromatic heterocycles. The maximum Gasteiger partial charge on any atom is 0.248 e. The van der Waals surface area contributed by atoms with E-state index in [9.17, 15) is 18.4 Å². The van der Waals surface area contributed by atoms with Gasteiger partial charge in [-0.25, -0.2) is 8.78 Å². The predicted octanol–water partition coefficient (Wildman–Crippen LogP) is 2.67. The lowest BCUT2D eigenvalue weighted by Gasteiger charge is -2.21. The lowest BCUT2D eigenvalue weighted by atomic mass is 10.1. The average molecular weight is 359 g/mol. The number of hydrogen-bond acceptors (Lipinski definition) is 3. The van der Waals surface area contributed by atoms with Crippen LogP contribution in [0.15, 0.2) is 42.5 Å². The molecule has 5 nitrogen and oxygen atoms in total. The van der Waals surface area contributed by atoms with Crippen LogP contribution in [0.5, 0.6) is 0 Å². The molecule has 2 aromatic rings. The first-order valence-electron chi connectivity index (χ1n) is 8.29. The standard InChI is InChI=1S/C19H19F2N3O2/c20-14-7-15(21)9-16(8-14)23-18(25)11-24(17-5-6-17)10-12-1-3-13(4-2-12)19(22)26/h1-4,7-9,17H,5-6,10-11H2,(H2,22,26)(H,23,25). The molecule has 7 heteroatoms. The van der Waals surface area contributed by atoms with Crippen LogP contribution in [0.25, 0.3) is 0 Å². The molecule has 0 aliphatic heterocycles. The topological polar surface area (TPSA) is 75.4 Å². The van der Waals surface area contributed by atoms with Gasteiger partial charge in [0.25, 0.3) is 0 Å². The quantitative estimate of drug-likeness (QED) is 0.798. The van der Waals surface area contributed by atoms with Crippen LogP contribution in [-0.2, 0) is 11.3 Å². The minimum atomic E-state index is -0.742. The average Bonchev–Trinajstić information content (AvgIpc) is 3.38. The molecule has 0 radical (unpaired) electrons. The van der Waals surface area contributed by atoms with E-state index in [-0.39, 0.29) is 18.1 Å². The van der Waals surface area contributed by atoms with Crippen molar-refractivity contribution < 1.29 is 18.4 Å². The third-order valence-electron chi connectivity index (χ3n) is 4.18. The summed E-state index contributed by atoms with van der Waals surface area (Å²) in [6.07, 6.45) is 2.00. The number of carbonyl (C=O) groups excluding carboxylic acids is 2. The fourth-order valence-corrected chi connectivity index (χ4v) is 2.77. The van der Waals surface area contributed by atoms with Gasteiger partial charge in [-0.1, -0.05) is 12.1 Å². The summed E-state index contributed by atoms with van der Waals surface area (Å²) < 4.78 is 26.4. The molecule has 3 rings (SSSR count). The molecule has 3 N–H and O–H groups in total. The Morgan fingerprint density at radius 1 is 1.08 bits per heavy atom. The lowest BCUT2D eigenvalue weighted by Crippen LogP contribution is -2.34. The maximum absolute atomic E-state index is 13.2. The van der Waals surface area contributed by atoms with Crippen LogP contribution >= 0.6 is 0 Å². The van der Waals surface area contributed by atoms with Gasteiger partial charge in [-0.15, -0.1) is 0 Å². The Morgan fingerprint density at radius 3 is 2.23 bits per heavy atom. The molecule has 0 atom stereocenters. The number of rotatable bonds is 7. The van der Waals surface area contributed by atoms with Gasteiger partial charge >= 0.3 is 0 Å². The third kappa shape index (κ3) is 4.86. The SMILES string of the molecule is NC(=O)c1ccc(CN(CC(=O)Nc2cc(F)cc(F)c2)C2CC2)cc1. The number of nitrogens with two attached hydrogens (primary N) is 1. The van der Waals surface area contributed by atoms with Crippen molar-refractivity contribution in [3.8, 4) is 0 Å². The maximum atomic E-state index is 13.2. The summed E-state index contributed by atoms with van der Waals surface area (Å²) >= 11 is 0. The van der Waals surface area contributed by atoms with Crippen molar-refractivity contribution >= 4 is 17.5 Å². The number of carbonyl (C=O) groups is 2. The summed E-state index contributed by atoms with van der Waals surface area (Å²) in [6.45, 7) is 0.648. The smallest absolute Gasteiger partial charge is 0.248 e. The Morgan fingerprint density at radius 2 is 1.69 bits per heavy atom. The summed E-state index contributed by atoms with van der Waals surface area (Å²) in [5.41, 5.74) is 6.70. The first-order valence-corrected chi connectivity index (χ1v) is 8.29. The van der Waals surface area contributed by atoms with Gasteiger partial charge in [-0.2, -0.15) is 0 Å². The molecule has 1 aliphatic rings. The molecule has 26 heavy (non-hydrogen) atoms. The summed E-state index contributed by atoms with van der Waals surface area (Å²) in [4.78, 5) is 25.4. The van der Waals surface area contributed by atoms with Crippen LogP contribution in [0.1, 0.15) is 28.8 Å². The molecule has 0 unspecified atom stereocenters. The first-order chi connectivity index (χ1) is 12.4. The molecule has 0 saturated heterocycles. The van der Waals surface area contributed by atoms with Crippen molar-refractivity contribution in [2.45, 2.75) is 25.4 Å². The molecule has 0 bridgehead atoms. The highest BCUT2D eigenvalue weighted by Gasteiger charge is 2.30. The van der Waals surface area contributed by atoms with Crippen molar-refractivity contribution in [3.05, 3.63) is 65.2 Å². The van der Waals surface area contributed by atoms with E-state index >= 15 is 0 Å². The number of primary amides is 1. The van der Waals surface area contributed by atoms with Crippen molar-refractivity contribution in [2.24, 2.45) is 5.73 Å². The van der Waals surface area contributed by atoms with E-state index in [1.807, 2.05) is 4.90 Å². The van der Waals surface area contributed by atoms with Gasteiger partial charge in [0.05, 0.1) is 6.54 Å². The number of halogens is 2. The Hall–Kier alpha value is -2.80. The van der Waals surface area contributed by atoms with Crippen LogP contribution in [0.4, 0.5) is 14.5 Å². The van der Waals surface area contributed by atoms with Gasteiger partial charge in [-0.05, 0) is 42.7 Å². The molecule has 136 valence electrons. The van der Waals surface area contributed by atoms with Gasteiger partial charge in [0.1, 0.15) is 11.6 Å². The molecule has 0 spiro atoms. The molecule has 1 aliphatic carbocycles. The Kier molecular flexibility index (Phi) is 5.27. The zero-order valence-electron chi connectivity index (χ0n) is 14.0. The second kappa shape index (κ2) is 7.61. The molecule has 2 amide bonds. The van der Waals surface area contributed by atoms with Crippen molar-refractivity contribution in [1.29, 1.82) is 0 Å². The number of amides is 2. The van der Waals surface area contributed by atoms with Crippen LogP contribution in [0.3, 0.4) is 0 Å². The number of nitrogens with one attached hydrogen (secondary N) is 1. The van der Waals surface area contributed by atoms with E-state index in [1.54, 1.807) is 24.3 Å². The van der Waals surface area contributed by atoms with Crippen LogP contribution in [0.2, 0.25) is 0 Å². The Bertz CT molecular complexity index is 800. The summed E-state index contributed by atoms with van der Waals surface area (Å²) in [5, 5.41) is 2.52. The minimum absolute atomic E-state index is 0.0917. The molecule has 1 saturated carbocycles. The zero-order valence-corrected chi connectivity index (χ0v) is 14.0. The minimum Gasteiger partial charge on any atom is -0.366 e. The highest BCUT2D eigenvalue weighted by molar-refractivity contribution is 5.93. The summed E-state index contributed by atoms with van der Waals surface area (Å²) in [7, 11) is 0. The summed E-state index contributed by atoms with van der Waals surface area (Å²) in [5.74, 6) is -2.31. The third-order valence-corrected chi connectivity index (χ3v) is 4.18. The monoisotopic (exact) mass is 359 g/mol. The fourth-order valence-electron chi connectivity index (χ4n) is 2.77. The van der Waals surface area contributed by atoms with E-state index in [4.69, 9.17) is 5.73 Å². The van der Waals surface area contributed by atoms with Crippen molar-refractivity contribution in [3.63, 3.8) is 0 Å². The first kappa shape index (κ1) is 18.0. The number of anilines is 1. The highest BCUT2D eigenvalue weighted by atomic mass is 19.1. The number of nitrogens with zero attached hydrogens (tertiary/aromatic N) is 1. The van der Waals surface area contributed by atoms with E-state index < -0.39 is 17.5 Å². The second-order valence-electron chi connectivity index (χ2n) is 6.40. The van der Waals surface area contributed by atoms with E-state index in [0.29, 0.717) is 18.2 Å². The predicted molar refractivity (Wildman–Crippen MR) is 93.4 cm³/mol. The molecule has 0 heterocycles. The van der Waals surface area contributed by atoms with Gasteiger partial charge in [0, 0.05) is 29.9 Å². The Balaban J connectivity index is 1.63. The van der Waals surface area contributed by atoms with Crippen LogP contribution in [0, 0.1) is 11.6 Å². The zero-order chi connectivity index (χ0) is 18.7.